The van der Waals surface area contributed by atoms with E-state index in [-0.39, 0.29) is 5.56 Å². The normalized spacial score (nSPS) is 11.2. The number of nitrogens with zero attached hydrogens (tertiary/aromatic N) is 2. The zero-order chi connectivity index (χ0) is 12.3. The van der Waals surface area contributed by atoms with Crippen molar-refractivity contribution in [2.75, 3.05) is 12.4 Å². The van der Waals surface area contributed by atoms with Crippen LogP contribution >= 0.6 is 0 Å². The first-order valence-electron chi connectivity index (χ1n) is 5.56. The minimum absolute atomic E-state index is 0.193. The monoisotopic (exact) mass is 229 g/mol. The second kappa shape index (κ2) is 4.82. The Labute approximate surface area is 99.6 Å². The highest BCUT2D eigenvalue weighted by Crippen LogP contribution is 2.13. The van der Waals surface area contributed by atoms with Gasteiger partial charge in [0.1, 0.15) is 0 Å². The fourth-order valence-electron chi connectivity index (χ4n) is 1.81. The summed E-state index contributed by atoms with van der Waals surface area (Å²) in [4.78, 5) is 15.8. The number of anilines is 1. The molecule has 0 saturated heterocycles. The number of rotatable bonds is 3. The summed E-state index contributed by atoms with van der Waals surface area (Å²) in [7, 11) is 1.77. The standard InChI is InChI=1S/C13H15N3O/c1-3-4-9-16-11-8-6-5-7-10(11)12(17)15-13(16)14-2/h3-8H,9H2,1-2H3,(H,14,15,17)/b4-3+. The summed E-state index contributed by atoms with van der Waals surface area (Å²) in [5, 5.41) is 3.60. The van der Waals surface area contributed by atoms with E-state index in [4.69, 9.17) is 0 Å². The second-order valence-corrected chi connectivity index (χ2v) is 3.69. The van der Waals surface area contributed by atoms with Crippen molar-refractivity contribution in [1.29, 1.82) is 0 Å². The molecule has 1 heterocycles. The Balaban J connectivity index is 2.76. The van der Waals surface area contributed by atoms with Crippen LogP contribution in [-0.2, 0) is 6.54 Å². The molecule has 2 rings (SSSR count). The van der Waals surface area contributed by atoms with Gasteiger partial charge in [0, 0.05) is 13.6 Å². The predicted octanol–water partition coefficient (Wildman–Crippen LogP) is 2.01. The number of hydrogen-bond donors (Lipinski definition) is 1. The lowest BCUT2D eigenvalue weighted by Crippen LogP contribution is -2.17. The first-order chi connectivity index (χ1) is 8.27. The summed E-state index contributed by atoms with van der Waals surface area (Å²) in [6.45, 7) is 2.66. The van der Waals surface area contributed by atoms with Crippen LogP contribution in [0.2, 0.25) is 0 Å². The van der Waals surface area contributed by atoms with E-state index in [2.05, 4.69) is 10.3 Å². The maximum Gasteiger partial charge on any atom is 0.282 e. The molecule has 0 saturated carbocycles. The van der Waals surface area contributed by atoms with E-state index in [0.29, 0.717) is 17.9 Å². The van der Waals surface area contributed by atoms with Crippen molar-refractivity contribution in [2.45, 2.75) is 13.5 Å². The van der Waals surface area contributed by atoms with Crippen LogP contribution in [0.5, 0.6) is 0 Å². The summed E-state index contributed by atoms with van der Waals surface area (Å²) in [6, 6.07) is 7.51. The molecule has 4 nitrogen and oxygen atoms in total. The fraction of sp³-hybridized carbons (Fsp3) is 0.231. The van der Waals surface area contributed by atoms with Gasteiger partial charge in [0.15, 0.2) is 0 Å². The molecule has 0 aliphatic heterocycles. The number of allylic oxidation sites excluding steroid dienone is 2. The molecule has 0 aliphatic carbocycles. The summed E-state index contributed by atoms with van der Waals surface area (Å²) >= 11 is 0. The average Bonchev–Trinajstić information content (AvgIpc) is 2.37. The van der Waals surface area contributed by atoms with Gasteiger partial charge in [-0.2, -0.15) is 4.98 Å². The van der Waals surface area contributed by atoms with Gasteiger partial charge in [-0.25, -0.2) is 0 Å². The minimum Gasteiger partial charge on any atom is -0.359 e. The van der Waals surface area contributed by atoms with Crippen molar-refractivity contribution in [3.8, 4) is 0 Å². The van der Waals surface area contributed by atoms with Crippen LogP contribution in [0.1, 0.15) is 6.92 Å². The fourth-order valence-corrected chi connectivity index (χ4v) is 1.81. The van der Waals surface area contributed by atoms with E-state index in [1.807, 2.05) is 41.8 Å². The van der Waals surface area contributed by atoms with Crippen molar-refractivity contribution < 1.29 is 0 Å². The van der Waals surface area contributed by atoms with E-state index in [9.17, 15) is 4.79 Å². The van der Waals surface area contributed by atoms with E-state index in [1.54, 1.807) is 13.1 Å². The zero-order valence-electron chi connectivity index (χ0n) is 9.97. The molecule has 0 fully saturated rings. The Bertz CT molecular complexity index is 614. The number of para-hydroxylation sites is 1. The van der Waals surface area contributed by atoms with Gasteiger partial charge in [-0.3, -0.25) is 4.79 Å². The predicted molar refractivity (Wildman–Crippen MR) is 70.4 cm³/mol. The van der Waals surface area contributed by atoms with Crippen molar-refractivity contribution in [3.05, 3.63) is 46.8 Å². The maximum absolute atomic E-state index is 11.8. The third-order valence-electron chi connectivity index (χ3n) is 2.64. The van der Waals surface area contributed by atoms with Crippen LogP contribution in [0.25, 0.3) is 10.9 Å². The molecule has 88 valence electrons. The van der Waals surface area contributed by atoms with Crippen molar-refractivity contribution in [2.24, 2.45) is 0 Å². The van der Waals surface area contributed by atoms with Gasteiger partial charge in [0.05, 0.1) is 10.9 Å². The molecule has 0 aliphatic rings. The quantitative estimate of drug-likeness (QED) is 0.819. The maximum atomic E-state index is 11.8. The number of fused-ring (bicyclic) bond motifs is 1. The van der Waals surface area contributed by atoms with Gasteiger partial charge in [-0.05, 0) is 19.1 Å². The van der Waals surface area contributed by atoms with Crippen molar-refractivity contribution in [1.82, 2.24) is 9.55 Å². The minimum atomic E-state index is -0.193. The smallest absolute Gasteiger partial charge is 0.282 e. The summed E-state index contributed by atoms with van der Waals surface area (Å²) in [5.41, 5.74) is 0.705. The molecule has 0 atom stereocenters. The van der Waals surface area contributed by atoms with Crippen LogP contribution in [0.15, 0.2) is 41.2 Å². The molecule has 17 heavy (non-hydrogen) atoms. The summed E-state index contributed by atoms with van der Waals surface area (Å²) < 4.78 is 1.98. The second-order valence-electron chi connectivity index (χ2n) is 3.69. The zero-order valence-corrected chi connectivity index (χ0v) is 9.97. The molecular formula is C13H15N3O. The molecule has 0 spiro atoms. The van der Waals surface area contributed by atoms with Gasteiger partial charge in [0.2, 0.25) is 5.95 Å². The molecule has 0 amide bonds. The van der Waals surface area contributed by atoms with Gasteiger partial charge >= 0.3 is 0 Å². The lowest BCUT2D eigenvalue weighted by molar-refractivity contribution is 0.828. The van der Waals surface area contributed by atoms with E-state index in [1.165, 1.54) is 0 Å². The van der Waals surface area contributed by atoms with Crippen LogP contribution in [-0.4, -0.2) is 16.6 Å². The van der Waals surface area contributed by atoms with E-state index in [0.717, 1.165) is 5.52 Å². The number of aromatic nitrogens is 2. The number of hydrogen-bond acceptors (Lipinski definition) is 3. The molecule has 2 aromatic rings. The van der Waals surface area contributed by atoms with Gasteiger partial charge in [0.25, 0.3) is 5.56 Å². The largest absolute Gasteiger partial charge is 0.359 e. The molecule has 1 aromatic carbocycles. The first kappa shape index (κ1) is 11.4. The van der Waals surface area contributed by atoms with Crippen molar-refractivity contribution in [3.63, 3.8) is 0 Å². The highest BCUT2D eigenvalue weighted by atomic mass is 16.1. The van der Waals surface area contributed by atoms with Crippen molar-refractivity contribution >= 4 is 16.9 Å². The highest BCUT2D eigenvalue weighted by molar-refractivity contribution is 5.79. The molecule has 0 bridgehead atoms. The third kappa shape index (κ3) is 2.06. The van der Waals surface area contributed by atoms with Crippen LogP contribution in [0.3, 0.4) is 0 Å². The van der Waals surface area contributed by atoms with Crippen LogP contribution in [0, 0.1) is 0 Å². The van der Waals surface area contributed by atoms with E-state index >= 15 is 0 Å². The average molecular weight is 229 g/mol. The molecule has 1 N–H and O–H groups in total. The molecule has 1 aromatic heterocycles. The van der Waals surface area contributed by atoms with Crippen LogP contribution in [0.4, 0.5) is 5.95 Å². The molecule has 0 unspecified atom stereocenters. The Morgan fingerprint density at radius 2 is 2.18 bits per heavy atom. The Kier molecular flexibility index (Phi) is 3.23. The Morgan fingerprint density at radius 3 is 2.88 bits per heavy atom. The first-order valence-corrected chi connectivity index (χ1v) is 5.56. The number of benzene rings is 1. The lowest BCUT2D eigenvalue weighted by atomic mass is 10.2. The SMILES string of the molecule is C/C=C/Cn1c(NC)nc(=O)c2ccccc21. The molecular weight excluding hydrogens is 214 g/mol. The topological polar surface area (TPSA) is 46.9 Å². The summed E-state index contributed by atoms with van der Waals surface area (Å²) in [5.74, 6) is 0.590. The number of nitrogens with one attached hydrogen (secondary N) is 1. The molecule has 4 heteroatoms. The van der Waals surface area contributed by atoms with Gasteiger partial charge < -0.3 is 9.88 Å². The van der Waals surface area contributed by atoms with Gasteiger partial charge in [-0.1, -0.05) is 24.3 Å². The summed E-state index contributed by atoms with van der Waals surface area (Å²) in [6.07, 6.45) is 4.01. The van der Waals surface area contributed by atoms with Crippen LogP contribution < -0.4 is 10.9 Å². The third-order valence-corrected chi connectivity index (χ3v) is 2.64. The van der Waals surface area contributed by atoms with Gasteiger partial charge in [-0.15, -0.1) is 0 Å². The lowest BCUT2D eigenvalue weighted by Gasteiger charge is -2.13. The Morgan fingerprint density at radius 1 is 1.41 bits per heavy atom. The molecule has 0 radical (unpaired) electrons. The Hall–Kier alpha value is -2.10. The van der Waals surface area contributed by atoms with E-state index < -0.39 is 0 Å². The highest BCUT2D eigenvalue weighted by Gasteiger charge is 2.07.